The molecule has 0 unspecified atom stereocenters. The third kappa shape index (κ3) is 6.90. The molecule has 2 rings (SSSR count). The number of rotatable bonds is 6. The Morgan fingerprint density at radius 1 is 1.11 bits per heavy atom. The van der Waals surface area contributed by atoms with Crippen molar-refractivity contribution < 1.29 is 19.4 Å². The van der Waals surface area contributed by atoms with E-state index < -0.39 is 5.97 Å². The van der Waals surface area contributed by atoms with Crippen molar-refractivity contribution >= 4 is 33.9 Å². The van der Waals surface area contributed by atoms with Crippen LogP contribution in [0.4, 0.5) is 0 Å². The van der Waals surface area contributed by atoms with Crippen LogP contribution in [0.3, 0.4) is 0 Å². The van der Waals surface area contributed by atoms with E-state index in [0.29, 0.717) is 17.1 Å². The zero-order chi connectivity index (χ0) is 20.0. The normalized spacial score (nSPS) is 11.8. The Morgan fingerprint density at radius 3 is 2.30 bits per heavy atom. The Bertz CT molecular complexity index is 851. The van der Waals surface area contributed by atoms with E-state index in [1.165, 1.54) is 6.08 Å². The number of hydrogen-bond donors (Lipinski definition) is 2. The molecule has 0 atom stereocenters. The van der Waals surface area contributed by atoms with Crippen LogP contribution in [0.5, 0.6) is 11.5 Å². The summed E-state index contributed by atoms with van der Waals surface area (Å²) in [5, 5.41) is 11.8. The molecule has 5 nitrogen and oxygen atoms in total. The molecule has 0 saturated carbocycles. The van der Waals surface area contributed by atoms with Crippen LogP contribution < -0.4 is 10.1 Å². The van der Waals surface area contributed by atoms with E-state index in [0.717, 1.165) is 4.47 Å². The van der Waals surface area contributed by atoms with Gasteiger partial charge in [0.2, 0.25) is 5.91 Å². The van der Waals surface area contributed by atoms with Gasteiger partial charge in [-0.25, -0.2) is 4.79 Å². The number of amides is 1. The van der Waals surface area contributed by atoms with Crippen LogP contribution in [-0.2, 0) is 9.59 Å². The number of carboxylic acid groups (broad SMARTS) is 1. The van der Waals surface area contributed by atoms with Gasteiger partial charge >= 0.3 is 5.97 Å². The van der Waals surface area contributed by atoms with Gasteiger partial charge < -0.3 is 15.2 Å². The van der Waals surface area contributed by atoms with Crippen LogP contribution in [0.25, 0.3) is 6.08 Å². The van der Waals surface area contributed by atoms with Crippen molar-refractivity contribution in [3.8, 4) is 11.5 Å². The summed E-state index contributed by atoms with van der Waals surface area (Å²) in [5.74, 6) is -0.218. The van der Waals surface area contributed by atoms with Gasteiger partial charge in [-0.3, -0.25) is 4.79 Å². The van der Waals surface area contributed by atoms with Crippen LogP contribution in [0.2, 0.25) is 0 Å². The number of hydrogen-bond acceptors (Lipinski definition) is 3. The topological polar surface area (TPSA) is 75.6 Å². The van der Waals surface area contributed by atoms with Crippen molar-refractivity contribution in [1.29, 1.82) is 0 Å². The van der Waals surface area contributed by atoms with E-state index in [1.54, 1.807) is 24.3 Å². The van der Waals surface area contributed by atoms with Crippen molar-refractivity contribution in [2.75, 3.05) is 0 Å². The van der Waals surface area contributed by atoms with Gasteiger partial charge in [-0.1, -0.05) is 45.0 Å². The van der Waals surface area contributed by atoms with E-state index in [4.69, 9.17) is 4.74 Å². The van der Waals surface area contributed by atoms with Gasteiger partial charge in [-0.15, -0.1) is 0 Å². The van der Waals surface area contributed by atoms with E-state index >= 15 is 0 Å². The molecule has 2 N–H and O–H groups in total. The molecule has 2 aromatic rings. The number of carbonyl (C=O) groups excluding carboxylic acids is 1. The lowest BCUT2D eigenvalue weighted by Gasteiger charge is -2.17. The fourth-order valence-corrected chi connectivity index (χ4v) is 2.65. The smallest absolute Gasteiger partial charge is 0.352 e. The third-order valence-electron chi connectivity index (χ3n) is 3.45. The highest BCUT2D eigenvalue weighted by Gasteiger charge is 2.18. The minimum Gasteiger partial charge on any atom is -0.477 e. The molecular weight excluding hydrogens is 410 g/mol. The van der Waals surface area contributed by atoms with E-state index in [9.17, 15) is 14.7 Å². The van der Waals surface area contributed by atoms with Gasteiger partial charge in [-0.2, -0.15) is 0 Å². The van der Waals surface area contributed by atoms with Crippen molar-refractivity contribution in [3.05, 3.63) is 64.3 Å². The molecule has 0 saturated heterocycles. The summed E-state index contributed by atoms with van der Waals surface area (Å²) >= 11 is 3.42. The van der Waals surface area contributed by atoms with Crippen LogP contribution in [0.15, 0.2) is 58.7 Å². The lowest BCUT2D eigenvalue weighted by molar-refractivity contribution is -0.134. The number of carbonyl (C=O) groups is 2. The highest BCUT2D eigenvalue weighted by molar-refractivity contribution is 9.10. The molecule has 0 aliphatic heterocycles. The summed E-state index contributed by atoms with van der Waals surface area (Å²) in [4.78, 5) is 23.5. The molecule has 0 fully saturated rings. The van der Waals surface area contributed by atoms with Gasteiger partial charge in [-0.05, 0) is 57.2 Å². The summed E-state index contributed by atoms with van der Waals surface area (Å²) in [6.45, 7) is 5.75. The molecule has 0 aromatic heterocycles. The average Bonchev–Trinajstić information content (AvgIpc) is 2.56. The van der Waals surface area contributed by atoms with Crippen LogP contribution >= 0.6 is 15.9 Å². The molecule has 142 valence electrons. The summed E-state index contributed by atoms with van der Waals surface area (Å²) in [6, 6.07) is 14.4. The zero-order valence-corrected chi connectivity index (χ0v) is 17.0. The molecule has 0 radical (unpaired) electrons. The quantitative estimate of drug-likeness (QED) is 0.614. The largest absolute Gasteiger partial charge is 0.477 e. The first-order chi connectivity index (χ1) is 12.6. The maximum Gasteiger partial charge on any atom is 0.352 e. The summed E-state index contributed by atoms with van der Waals surface area (Å²) in [7, 11) is 0. The Labute approximate surface area is 167 Å². The molecule has 2 aromatic carbocycles. The third-order valence-corrected chi connectivity index (χ3v) is 4.11. The van der Waals surface area contributed by atoms with Gasteiger partial charge in [0.25, 0.3) is 0 Å². The molecule has 0 aliphatic rings. The molecule has 6 heteroatoms. The number of benzene rings is 2. The lowest BCUT2D eigenvalue weighted by atomic mass is 9.92. The molecule has 27 heavy (non-hydrogen) atoms. The van der Waals surface area contributed by atoms with Gasteiger partial charge in [0, 0.05) is 6.42 Å². The second-order valence-corrected chi connectivity index (χ2v) is 8.10. The molecule has 0 heterocycles. The standard InChI is InChI=1S/C21H22BrNO4/c1-21(2,3)13-19(24)23-17(20(25)26)12-14-8-10-15(11-9-14)27-18-7-5-4-6-16(18)22/h4-12H,13H2,1-3H3,(H,23,24)(H,25,26)/b17-12-. The SMILES string of the molecule is CC(C)(C)CC(=O)N/C(=C\c1ccc(Oc2ccccc2Br)cc1)C(=O)O. The molecular formula is C21H22BrNO4. The first-order valence-electron chi connectivity index (χ1n) is 8.41. The Balaban J connectivity index is 2.12. The molecule has 0 aliphatic carbocycles. The molecule has 0 bridgehead atoms. The predicted molar refractivity (Wildman–Crippen MR) is 108 cm³/mol. The van der Waals surface area contributed by atoms with E-state index in [-0.39, 0.29) is 23.4 Å². The minimum atomic E-state index is -1.19. The Hall–Kier alpha value is -2.60. The first-order valence-corrected chi connectivity index (χ1v) is 9.21. The second kappa shape index (κ2) is 8.86. The maximum atomic E-state index is 12.0. The summed E-state index contributed by atoms with van der Waals surface area (Å²) in [6.07, 6.45) is 1.65. The van der Waals surface area contributed by atoms with E-state index in [1.807, 2.05) is 45.0 Å². The number of halogens is 1. The first kappa shape index (κ1) is 20.7. The van der Waals surface area contributed by atoms with Gasteiger partial charge in [0.05, 0.1) is 4.47 Å². The number of carboxylic acids is 1. The molecule has 1 amide bonds. The fraction of sp³-hybridized carbons (Fsp3) is 0.238. The number of ether oxygens (including phenoxy) is 1. The number of aliphatic carboxylic acids is 1. The van der Waals surface area contributed by atoms with Crippen molar-refractivity contribution in [2.24, 2.45) is 5.41 Å². The lowest BCUT2D eigenvalue weighted by Crippen LogP contribution is -2.30. The highest BCUT2D eigenvalue weighted by Crippen LogP contribution is 2.29. The molecule has 0 spiro atoms. The van der Waals surface area contributed by atoms with Crippen molar-refractivity contribution in [1.82, 2.24) is 5.32 Å². The van der Waals surface area contributed by atoms with Crippen molar-refractivity contribution in [2.45, 2.75) is 27.2 Å². The Morgan fingerprint density at radius 2 is 1.74 bits per heavy atom. The van der Waals surface area contributed by atoms with Crippen LogP contribution in [-0.4, -0.2) is 17.0 Å². The monoisotopic (exact) mass is 431 g/mol. The maximum absolute atomic E-state index is 12.0. The van der Waals surface area contributed by atoms with Gasteiger partial charge in [0.1, 0.15) is 17.2 Å². The van der Waals surface area contributed by atoms with Gasteiger partial charge in [0.15, 0.2) is 0 Å². The fourth-order valence-electron chi connectivity index (χ4n) is 2.28. The average molecular weight is 432 g/mol. The van der Waals surface area contributed by atoms with E-state index in [2.05, 4.69) is 21.2 Å². The minimum absolute atomic E-state index is 0.163. The Kier molecular flexibility index (Phi) is 6.80. The predicted octanol–water partition coefficient (Wildman–Crippen LogP) is 5.22. The number of para-hydroxylation sites is 1. The second-order valence-electron chi connectivity index (χ2n) is 7.25. The van der Waals surface area contributed by atoms with Crippen LogP contribution in [0.1, 0.15) is 32.8 Å². The number of nitrogens with one attached hydrogen (secondary N) is 1. The highest BCUT2D eigenvalue weighted by atomic mass is 79.9. The van der Waals surface area contributed by atoms with Crippen molar-refractivity contribution in [3.63, 3.8) is 0 Å². The van der Waals surface area contributed by atoms with Crippen LogP contribution in [0, 0.1) is 5.41 Å². The summed E-state index contributed by atoms with van der Waals surface area (Å²) in [5.41, 5.74) is 0.255. The zero-order valence-electron chi connectivity index (χ0n) is 15.5. The summed E-state index contributed by atoms with van der Waals surface area (Å²) < 4.78 is 6.62.